The highest BCUT2D eigenvalue weighted by Crippen LogP contribution is 2.20. The molecule has 0 saturated carbocycles. The van der Waals surface area contributed by atoms with Crippen LogP contribution in [0.5, 0.6) is 5.75 Å². The zero-order chi connectivity index (χ0) is 14.1. The molecule has 0 spiro atoms. The number of H-pyrrole nitrogens is 1. The van der Waals surface area contributed by atoms with Crippen molar-refractivity contribution in [1.82, 2.24) is 15.0 Å². The molecule has 4 nitrogen and oxygen atoms in total. The first kappa shape index (κ1) is 15.8. The van der Waals surface area contributed by atoms with E-state index in [0.29, 0.717) is 12.3 Å². The minimum absolute atomic E-state index is 0. The van der Waals surface area contributed by atoms with E-state index in [4.69, 9.17) is 4.74 Å². The van der Waals surface area contributed by atoms with Gasteiger partial charge in [-0.15, -0.1) is 12.4 Å². The third-order valence-corrected chi connectivity index (χ3v) is 3.48. The van der Waals surface area contributed by atoms with Crippen molar-refractivity contribution in [2.24, 2.45) is 0 Å². The van der Waals surface area contributed by atoms with Gasteiger partial charge in [0.2, 0.25) is 0 Å². The Balaban J connectivity index is 0.00000161. The number of aromatic amines is 1. The van der Waals surface area contributed by atoms with Crippen LogP contribution in [-0.4, -0.2) is 15.0 Å². The lowest BCUT2D eigenvalue weighted by atomic mass is 10.1. The molecule has 0 amide bonds. The van der Waals surface area contributed by atoms with Crippen LogP contribution in [0.2, 0.25) is 0 Å². The molecule has 0 atom stereocenters. The first-order chi connectivity index (χ1) is 9.61. The van der Waals surface area contributed by atoms with E-state index in [1.54, 1.807) is 6.20 Å². The Morgan fingerprint density at radius 1 is 1.24 bits per heavy atom. The molecule has 6 heteroatoms. The number of nitrogens with one attached hydrogen (secondary N) is 1. The van der Waals surface area contributed by atoms with Crippen LogP contribution in [0.15, 0.2) is 34.9 Å². The number of benzene rings is 1. The third kappa shape index (κ3) is 3.54. The Morgan fingerprint density at radius 3 is 2.81 bits per heavy atom. The molecule has 0 aliphatic rings. The maximum atomic E-state index is 5.80. The van der Waals surface area contributed by atoms with E-state index in [1.165, 1.54) is 5.56 Å². The van der Waals surface area contributed by atoms with Gasteiger partial charge in [0.1, 0.15) is 18.2 Å². The third-order valence-electron chi connectivity index (χ3n) is 3.05. The number of nitrogens with zero attached hydrogens (tertiary/aromatic N) is 2. The fourth-order valence-electron chi connectivity index (χ4n) is 2.10. The van der Waals surface area contributed by atoms with Gasteiger partial charge in [-0.3, -0.25) is 0 Å². The topological polar surface area (TPSA) is 50.8 Å². The first-order valence-electron chi connectivity index (χ1n) is 6.32. The summed E-state index contributed by atoms with van der Waals surface area (Å²) < 4.78 is 6.73. The number of fused-ring (bicyclic) bond motifs is 1. The lowest BCUT2D eigenvalue weighted by molar-refractivity contribution is 0.295. The van der Waals surface area contributed by atoms with Crippen molar-refractivity contribution in [3.63, 3.8) is 0 Å². The summed E-state index contributed by atoms with van der Waals surface area (Å²) in [5.41, 5.74) is 3.96. The summed E-state index contributed by atoms with van der Waals surface area (Å²) in [4.78, 5) is 11.9. The molecule has 0 saturated heterocycles. The number of hydrogen-bond acceptors (Lipinski definition) is 3. The number of aryl methyl sites for hydroxylation is 2. The summed E-state index contributed by atoms with van der Waals surface area (Å²) in [7, 11) is 0. The average molecular weight is 369 g/mol. The van der Waals surface area contributed by atoms with Crippen LogP contribution in [0.25, 0.3) is 11.2 Å². The SMILES string of the molecule is Cc1ccc(OCc2nc3ncc(Br)cc3[nH]2)c(C)c1.Cl. The second kappa shape index (κ2) is 6.45. The van der Waals surface area contributed by atoms with Crippen molar-refractivity contribution in [2.75, 3.05) is 0 Å². The molecule has 0 unspecified atom stereocenters. The zero-order valence-electron chi connectivity index (χ0n) is 11.7. The second-order valence-electron chi connectivity index (χ2n) is 4.77. The number of pyridine rings is 1. The summed E-state index contributed by atoms with van der Waals surface area (Å²) in [6, 6.07) is 8.09. The number of ether oxygens (including phenoxy) is 1. The maximum Gasteiger partial charge on any atom is 0.177 e. The fraction of sp³-hybridized carbons (Fsp3) is 0.200. The molecular weight excluding hydrogens is 354 g/mol. The van der Waals surface area contributed by atoms with Gasteiger partial charge in [-0.05, 0) is 47.5 Å². The second-order valence-corrected chi connectivity index (χ2v) is 5.68. The highest BCUT2D eigenvalue weighted by atomic mass is 79.9. The first-order valence-corrected chi connectivity index (χ1v) is 7.11. The number of imidazole rings is 1. The normalized spacial score (nSPS) is 10.4. The van der Waals surface area contributed by atoms with Crippen molar-refractivity contribution in [3.05, 3.63) is 51.9 Å². The Morgan fingerprint density at radius 2 is 2.05 bits per heavy atom. The lowest BCUT2D eigenvalue weighted by Gasteiger charge is -2.08. The number of aromatic nitrogens is 3. The molecule has 0 fully saturated rings. The lowest BCUT2D eigenvalue weighted by Crippen LogP contribution is -1.99. The predicted molar refractivity (Wildman–Crippen MR) is 89.1 cm³/mol. The van der Waals surface area contributed by atoms with Crippen LogP contribution in [0, 0.1) is 13.8 Å². The number of rotatable bonds is 3. The molecule has 0 aliphatic heterocycles. The molecule has 0 radical (unpaired) electrons. The summed E-state index contributed by atoms with van der Waals surface area (Å²) in [6.07, 6.45) is 1.73. The van der Waals surface area contributed by atoms with Crippen LogP contribution in [0.3, 0.4) is 0 Å². The van der Waals surface area contributed by atoms with Gasteiger partial charge in [-0.2, -0.15) is 0 Å². The van der Waals surface area contributed by atoms with Crippen molar-refractivity contribution in [1.29, 1.82) is 0 Å². The van der Waals surface area contributed by atoms with Gasteiger partial charge in [0, 0.05) is 10.7 Å². The zero-order valence-corrected chi connectivity index (χ0v) is 14.1. The molecule has 3 rings (SSSR count). The van der Waals surface area contributed by atoms with Crippen LogP contribution in [-0.2, 0) is 6.61 Å². The van der Waals surface area contributed by atoms with Crippen molar-refractivity contribution < 1.29 is 4.74 Å². The molecule has 21 heavy (non-hydrogen) atoms. The van der Waals surface area contributed by atoms with Crippen LogP contribution in [0.4, 0.5) is 0 Å². The molecule has 1 N–H and O–H groups in total. The Kier molecular flexibility index (Phi) is 4.85. The van der Waals surface area contributed by atoms with Crippen molar-refractivity contribution in [2.45, 2.75) is 20.5 Å². The van der Waals surface area contributed by atoms with Gasteiger partial charge in [0.25, 0.3) is 0 Å². The van der Waals surface area contributed by atoms with Crippen LogP contribution in [0.1, 0.15) is 17.0 Å². The fourth-order valence-corrected chi connectivity index (χ4v) is 2.43. The minimum Gasteiger partial charge on any atom is -0.485 e. The van der Waals surface area contributed by atoms with Gasteiger partial charge in [0.05, 0.1) is 5.52 Å². The van der Waals surface area contributed by atoms with Crippen molar-refractivity contribution in [3.8, 4) is 5.75 Å². The summed E-state index contributed by atoms with van der Waals surface area (Å²) in [6.45, 7) is 4.51. The van der Waals surface area contributed by atoms with E-state index in [-0.39, 0.29) is 12.4 Å². The van der Waals surface area contributed by atoms with Gasteiger partial charge in [-0.25, -0.2) is 9.97 Å². The number of hydrogen-bond donors (Lipinski definition) is 1. The molecule has 3 aromatic rings. The van der Waals surface area contributed by atoms with E-state index < -0.39 is 0 Å². The summed E-state index contributed by atoms with van der Waals surface area (Å²) >= 11 is 3.39. The molecular formula is C15H15BrClN3O. The Labute approximate surface area is 137 Å². The van der Waals surface area contributed by atoms with E-state index in [9.17, 15) is 0 Å². The molecule has 2 heterocycles. The monoisotopic (exact) mass is 367 g/mol. The minimum atomic E-state index is 0. The van der Waals surface area contributed by atoms with Crippen molar-refractivity contribution >= 4 is 39.5 Å². The molecule has 110 valence electrons. The highest BCUT2D eigenvalue weighted by Gasteiger charge is 2.06. The van der Waals surface area contributed by atoms with E-state index >= 15 is 0 Å². The van der Waals surface area contributed by atoms with Gasteiger partial charge >= 0.3 is 0 Å². The smallest absolute Gasteiger partial charge is 0.177 e. The molecule has 1 aromatic carbocycles. The van der Waals surface area contributed by atoms with E-state index in [1.807, 2.05) is 25.1 Å². The summed E-state index contributed by atoms with van der Waals surface area (Å²) in [5.74, 6) is 1.65. The molecule has 0 aliphatic carbocycles. The molecule has 2 aromatic heterocycles. The Bertz CT molecular complexity index is 773. The van der Waals surface area contributed by atoms with E-state index in [2.05, 4.69) is 43.9 Å². The number of halogens is 2. The standard InChI is InChI=1S/C15H14BrN3O.ClH/c1-9-3-4-13(10(2)5-9)20-8-14-18-12-6-11(16)7-17-15(12)19-14;/h3-7H,8H2,1-2H3,(H,17,18,19);1H. The Hall–Kier alpha value is -1.59. The summed E-state index contributed by atoms with van der Waals surface area (Å²) in [5, 5.41) is 0. The average Bonchev–Trinajstić information content (AvgIpc) is 2.79. The van der Waals surface area contributed by atoms with E-state index in [0.717, 1.165) is 27.1 Å². The largest absolute Gasteiger partial charge is 0.485 e. The van der Waals surface area contributed by atoms with Crippen LogP contribution < -0.4 is 4.74 Å². The van der Waals surface area contributed by atoms with Crippen LogP contribution >= 0.6 is 28.3 Å². The highest BCUT2D eigenvalue weighted by molar-refractivity contribution is 9.10. The maximum absolute atomic E-state index is 5.80. The van der Waals surface area contributed by atoms with Gasteiger partial charge < -0.3 is 9.72 Å². The van der Waals surface area contributed by atoms with Gasteiger partial charge in [-0.1, -0.05) is 17.7 Å². The van der Waals surface area contributed by atoms with Gasteiger partial charge in [0.15, 0.2) is 5.65 Å². The predicted octanol–water partition coefficient (Wildman–Crippen LogP) is 4.34. The quantitative estimate of drug-likeness (QED) is 0.748. The molecule has 0 bridgehead atoms.